The number of aldehydes is 1. The van der Waals surface area contributed by atoms with Crippen LogP contribution in [0.15, 0.2) is 49.1 Å². The Morgan fingerprint density at radius 3 is 2.45 bits per heavy atom. The third-order valence-corrected chi connectivity index (χ3v) is 2.74. The van der Waals surface area contributed by atoms with Crippen LogP contribution in [0.25, 0.3) is 0 Å². The molecule has 0 unspecified atom stereocenters. The predicted molar refractivity (Wildman–Crippen MR) is 75.6 cm³/mol. The van der Waals surface area contributed by atoms with Gasteiger partial charge in [-0.05, 0) is 36.2 Å². The van der Waals surface area contributed by atoms with Gasteiger partial charge >= 0.3 is 0 Å². The number of rotatable bonds is 5. The van der Waals surface area contributed by atoms with Gasteiger partial charge in [0.25, 0.3) is 0 Å². The molecule has 0 aliphatic carbocycles. The molecule has 0 atom stereocenters. The first-order chi connectivity index (χ1) is 9.63. The average molecular weight is 270 g/mol. The van der Waals surface area contributed by atoms with Crippen LogP contribution in [0.2, 0.25) is 0 Å². The maximum absolute atomic E-state index is 10.7. The molecule has 0 saturated carbocycles. The van der Waals surface area contributed by atoms with Crippen molar-refractivity contribution in [3.05, 3.63) is 60.2 Å². The van der Waals surface area contributed by atoms with Crippen molar-refractivity contribution in [3.63, 3.8) is 0 Å². The summed E-state index contributed by atoms with van der Waals surface area (Å²) >= 11 is 0. The summed E-state index contributed by atoms with van der Waals surface area (Å²) in [5, 5.41) is 19.2. The Balaban J connectivity index is 2.27. The molecule has 2 N–H and O–H groups in total. The van der Waals surface area contributed by atoms with Crippen LogP contribution in [0.1, 0.15) is 15.9 Å². The molecule has 0 radical (unpaired) electrons. The van der Waals surface area contributed by atoms with Crippen molar-refractivity contribution in [2.24, 2.45) is 0 Å². The standard InChI is InChI=1S/C16H14O4/c1-2-3-11-4-6-13(7-5-11)20-15-9-12(10-17)8-14(18)16(15)19/h2,4-10,18-19H,1,3H2. The Kier molecular flexibility index (Phi) is 4.05. The number of phenolic OH excluding ortho intramolecular Hbond substituents is 2. The molecule has 0 aromatic heterocycles. The van der Waals surface area contributed by atoms with Crippen molar-refractivity contribution >= 4 is 6.29 Å². The fraction of sp³-hybridized carbons (Fsp3) is 0.0625. The normalized spacial score (nSPS) is 10.0. The lowest BCUT2D eigenvalue weighted by molar-refractivity contribution is 0.112. The Hall–Kier alpha value is -2.75. The van der Waals surface area contributed by atoms with Gasteiger partial charge in [-0.1, -0.05) is 18.2 Å². The molecule has 0 amide bonds. The second-order valence-electron chi connectivity index (χ2n) is 4.24. The number of hydrogen-bond acceptors (Lipinski definition) is 4. The number of ether oxygens (including phenoxy) is 1. The highest BCUT2D eigenvalue weighted by Crippen LogP contribution is 2.38. The van der Waals surface area contributed by atoms with Crippen molar-refractivity contribution in [1.29, 1.82) is 0 Å². The Labute approximate surface area is 116 Å². The Morgan fingerprint density at radius 2 is 1.85 bits per heavy atom. The summed E-state index contributed by atoms with van der Waals surface area (Å²) in [5.74, 6) is -0.266. The molecule has 2 aromatic carbocycles. The van der Waals surface area contributed by atoms with Gasteiger partial charge < -0.3 is 14.9 Å². The predicted octanol–water partition coefficient (Wildman–Crippen LogP) is 3.43. The molecule has 0 spiro atoms. The number of carbonyl (C=O) groups excluding carboxylic acids is 1. The topological polar surface area (TPSA) is 66.8 Å². The van der Waals surface area contributed by atoms with Crippen LogP contribution in [-0.4, -0.2) is 16.5 Å². The van der Waals surface area contributed by atoms with E-state index in [1.165, 1.54) is 12.1 Å². The van der Waals surface area contributed by atoms with Gasteiger partial charge in [0.05, 0.1) is 0 Å². The van der Waals surface area contributed by atoms with Crippen LogP contribution in [0.5, 0.6) is 23.0 Å². The average Bonchev–Trinajstić information content (AvgIpc) is 2.46. The fourth-order valence-electron chi connectivity index (χ4n) is 1.75. The van der Waals surface area contributed by atoms with Crippen LogP contribution in [0, 0.1) is 0 Å². The molecule has 0 saturated heterocycles. The van der Waals surface area contributed by atoms with E-state index >= 15 is 0 Å². The van der Waals surface area contributed by atoms with Crippen molar-refractivity contribution in [1.82, 2.24) is 0 Å². The lowest BCUT2D eigenvalue weighted by Crippen LogP contribution is -1.89. The van der Waals surface area contributed by atoms with E-state index in [0.29, 0.717) is 12.0 Å². The molecule has 0 aliphatic rings. The van der Waals surface area contributed by atoms with Crippen LogP contribution >= 0.6 is 0 Å². The highest BCUT2D eigenvalue weighted by atomic mass is 16.5. The number of aromatic hydroxyl groups is 2. The minimum Gasteiger partial charge on any atom is -0.504 e. The lowest BCUT2D eigenvalue weighted by atomic mass is 10.1. The van der Waals surface area contributed by atoms with Gasteiger partial charge in [-0.2, -0.15) is 0 Å². The van der Waals surface area contributed by atoms with Gasteiger partial charge in [-0.25, -0.2) is 0 Å². The van der Waals surface area contributed by atoms with E-state index in [-0.39, 0.29) is 11.3 Å². The summed E-state index contributed by atoms with van der Waals surface area (Å²) in [7, 11) is 0. The summed E-state index contributed by atoms with van der Waals surface area (Å²) in [6.45, 7) is 3.66. The molecule has 0 heterocycles. The Bertz CT molecular complexity index is 630. The van der Waals surface area contributed by atoms with Gasteiger partial charge in [-0.15, -0.1) is 6.58 Å². The molecule has 4 nitrogen and oxygen atoms in total. The van der Waals surface area contributed by atoms with Crippen molar-refractivity contribution in [2.75, 3.05) is 0 Å². The number of benzene rings is 2. The summed E-state index contributed by atoms with van der Waals surface area (Å²) < 4.78 is 5.47. The molecule has 0 fully saturated rings. The number of hydrogen-bond donors (Lipinski definition) is 2. The third-order valence-electron chi connectivity index (χ3n) is 2.74. The Morgan fingerprint density at radius 1 is 1.15 bits per heavy atom. The quantitative estimate of drug-likeness (QED) is 0.496. The number of phenols is 2. The minimum atomic E-state index is -0.397. The smallest absolute Gasteiger partial charge is 0.201 e. The summed E-state index contributed by atoms with van der Waals surface area (Å²) in [6, 6.07) is 9.75. The number of allylic oxidation sites excluding steroid dienone is 1. The maximum Gasteiger partial charge on any atom is 0.201 e. The van der Waals surface area contributed by atoms with Crippen LogP contribution in [0.3, 0.4) is 0 Å². The first kappa shape index (κ1) is 13.7. The van der Waals surface area contributed by atoms with Gasteiger partial charge in [-0.3, -0.25) is 4.79 Å². The van der Waals surface area contributed by atoms with Gasteiger partial charge in [0.1, 0.15) is 12.0 Å². The lowest BCUT2D eigenvalue weighted by Gasteiger charge is -2.10. The molecule has 4 heteroatoms. The van der Waals surface area contributed by atoms with Gasteiger partial charge in [0.15, 0.2) is 11.5 Å². The monoisotopic (exact) mass is 270 g/mol. The molecule has 20 heavy (non-hydrogen) atoms. The fourth-order valence-corrected chi connectivity index (χ4v) is 1.75. The maximum atomic E-state index is 10.7. The van der Waals surface area contributed by atoms with E-state index in [0.717, 1.165) is 12.0 Å². The van der Waals surface area contributed by atoms with E-state index < -0.39 is 11.5 Å². The second-order valence-corrected chi connectivity index (χ2v) is 4.24. The molecular weight excluding hydrogens is 256 g/mol. The van der Waals surface area contributed by atoms with E-state index in [1.807, 2.05) is 12.1 Å². The largest absolute Gasteiger partial charge is 0.504 e. The summed E-state index contributed by atoms with van der Waals surface area (Å²) in [6.07, 6.45) is 3.12. The van der Waals surface area contributed by atoms with Crippen molar-refractivity contribution in [3.8, 4) is 23.0 Å². The molecular formula is C16H14O4. The van der Waals surface area contributed by atoms with Crippen LogP contribution in [-0.2, 0) is 6.42 Å². The van der Waals surface area contributed by atoms with Gasteiger partial charge in [0.2, 0.25) is 5.75 Å². The second kappa shape index (κ2) is 5.93. The highest BCUT2D eigenvalue weighted by molar-refractivity contribution is 5.78. The first-order valence-electron chi connectivity index (χ1n) is 6.03. The third kappa shape index (κ3) is 2.98. The zero-order valence-corrected chi connectivity index (χ0v) is 10.7. The van der Waals surface area contributed by atoms with E-state index in [1.54, 1.807) is 18.2 Å². The van der Waals surface area contributed by atoms with E-state index in [9.17, 15) is 15.0 Å². The van der Waals surface area contributed by atoms with Crippen LogP contribution in [0.4, 0.5) is 0 Å². The van der Waals surface area contributed by atoms with Crippen molar-refractivity contribution < 1.29 is 19.7 Å². The van der Waals surface area contributed by atoms with Crippen LogP contribution < -0.4 is 4.74 Å². The first-order valence-corrected chi connectivity index (χ1v) is 6.03. The SMILES string of the molecule is C=CCc1ccc(Oc2cc(C=O)cc(O)c2O)cc1. The highest BCUT2D eigenvalue weighted by Gasteiger charge is 2.11. The van der Waals surface area contributed by atoms with Gasteiger partial charge in [0, 0.05) is 5.56 Å². The number of carbonyl (C=O) groups is 1. The van der Waals surface area contributed by atoms with E-state index in [2.05, 4.69) is 6.58 Å². The molecule has 0 bridgehead atoms. The zero-order valence-electron chi connectivity index (χ0n) is 10.7. The molecule has 0 aliphatic heterocycles. The molecule has 2 aromatic rings. The zero-order chi connectivity index (χ0) is 14.5. The molecule has 2 rings (SSSR count). The van der Waals surface area contributed by atoms with Crippen molar-refractivity contribution in [2.45, 2.75) is 6.42 Å². The molecule has 102 valence electrons. The van der Waals surface area contributed by atoms with E-state index in [4.69, 9.17) is 4.74 Å². The summed E-state index contributed by atoms with van der Waals surface area (Å²) in [5.41, 5.74) is 1.31. The summed E-state index contributed by atoms with van der Waals surface area (Å²) in [4.78, 5) is 10.7. The minimum absolute atomic E-state index is 0.0311.